The van der Waals surface area contributed by atoms with Crippen molar-refractivity contribution in [2.45, 2.75) is 50.3 Å². The van der Waals surface area contributed by atoms with Gasteiger partial charge in [0.1, 0.15) is 0 Å². The predicted molar refractivity (Wildman–Crippen MR) is 178 cm³/mol. The van der Waals surface area contributed by atoms with Crippen LogP contribution >= 0.6 is 15.8 Å². The largest absolute Gasteiger partial charge is 0.213 e. The van der Waals surface area contributed by atoms with Gasteiger partial charge in [-0.15, -0.1) is 0 Å². The third-order valence-corrected chi connectivity index (χ3v) is 14.5. The minimum atomic E-state index is -0.504. The molecule has 0 radical (unpaired) electrons. The first kappa shape index (κ1) is 27.3. The molecule has 0 aliphatic heterocycles. The fourth-order valence-electron chi connectivity index (χ4n) is 7.02. The van der Waals surface area contributed by atoms with Gasteiger partial charge in [-0.25, -0.2) is 12.1 Å². The molecule has 1 fully saturated rings. The van der Waals surface area contributed by atoms with Crippen LogP contribution in [0, 0.1) is 5.92 Å². The molecule has 4 atom stereocenters. The fraction of sp³-hybridized carbons (Fsp3) is 0.237. The minimum Gasteiger partial charge on any atom is -0.213 e. The molecule has 0 nitrogen and oxygen atoms in total. The molecule has 0 amide bonds. The van der Waals surface area contributed by atoms with Gasteiger partial charge in [-0.1, -0.05) is 160 Å². The number of hydrogen-bond acceptors (Lipinski definition) is 0. The van der Waals surface area contributed by atoms with Crippen LogP contribution in [0.2, 0.25) is 0 Å². The summed E-state index contributed by atoms with van der Waals surface area (Å²) in [7, 11) is -0.935. The van der Waals surface area contributed by atoms with E-state index in [1.807, 2.05) is 0 Å². The summed E-state index contributed by atoms with van der Waals surface area (Å²) in [5.41, 5.74) is 4.28. The van der Waals surface area contributed by atoms with E-state index in [1.54, 1.807) is 11.1 Å². The van der Waals surface area contributed by atoms with Crippen molar-refractivity contribution < 1.29 is 0 Å². The number of benzene rings is 4. The van der Waals surface area contributed by atoms with E-state index in [9.17, 15) is 0 Å². The lowest BCUT2D eigenvalue weighted by Crippen LogP contribution is -2.27. The summed E-state index contributed by atoms with van der Waals surface area (Å²) < 4.78 is 0. The van der Waals surface area contributed by atoms with Crippen molar-refractivity contribution in [2.75, 3.05) is 0 Å². The molecule has 5 aromatic rings. The fourth-order valence-corrected chi connectivity index (χ4v) is 12.7. The summed E-state index contributed by atoms with van der Waals surface area (Å²) in [6.45, 7) is 5.04. The molecule has 0 spiro atoms. The summed E-state index contributed by atoms with van der Waals surface area (Å²) in [6.07, 6.45) is 3.97. The van der Waals surface area contributed by atoms with Crippen molar-refractivity contribution in [1.29, 1.82) is 0 Å². The van der Waals surface area contributed by atoms with E-state index >= 15 is 0 Å². The van der Waals surface area contributed by atoms with Gasteiger partial charge in [0.25, 0.3) is 0 Å². The maximum atomic E-state index is 2.56. The minimum absolute atomic E-state index is 0.431. The second-order valence-electron chi connectivity index (χ2n) is 11.1. The third kappa shape index (κ3) is 5.63. The molecule has 0 N–H and O–H groups in total. The Morgan fingerprint density at radius 2 is 1.00 bits per heavy atom. The van der Waals surface area contributed by atoms with Crippen LogP contribution in [0.4, 0.5) is 0 Å². The van der Waals surface area contributed by atoms with Crippen LogP contribution in [0.25, 0.3) is 0 Å². The molecule has 0 bridgehead atoms. The predicted octanol–water partition coefficient (Wildman–Crippen LogP) is 9.00. The Bertz CT molecular complexity index is 1380. The zero-order valence-corrected chi connectivity index (χ0v) is 25.4. The van der Waals surface area contributed by atoms with Gasteiger partial charge in [0.05, 0.1) is 0 Å². The maximum Gasteiger partial charge on any atom is -0.0133 e. The second kappa shape index (κ2) is 12.7. The zero-order valence-electron chi connectivity index (χ0n) is 23.6. The van der Waals surface area contributed by atoms with Crippen LogP contribution < -0.4 is 21.2 Å². The zero-order chi connectivity index (χ0) is 27.3. The molecule has 5 aromatic carbocycles. The van der Waals surface area contributed by atoms with Crippen molar-refractivity contribution in [3.63, 3.8) is 0 Å². The van der Waals surface area contributed by atoms with Gasteiger partial charge in [0, 0.05) is 0 Å². The summed E-state index contributed by atoms with van der Waals surface area (Å²) in [5.74, 6) is 1.32. The SMILES string of the molecule is C[C@@H](c1ccc[c-]1C1CCCC1[C@H](C)P(c1ccccc1)c1ccccc1)P(c1ccccc1)c1ccccc1. The van der Waals surface area contributed by atoms with Crippen molar-refractivity contribution in [1.82, 2.24) is 0 Å². The summed E-state index contributed by atoms with van der Waals surface area (Å²) in [6, 6.07) is 52.3. The molecule has 2 heteroatoms. The van der Waals surface area contributed by atoms with E-state index < -0.39 is 15.8 Å². The number of rotatable bonds is 9. The van der Waals surface area contributed by atoms with Crippen LogP contribution in [0.1, 0.15) is 55.8 Å². The lowest BCUT2D eigenvalue weighted by molar-refractivity contribution is 0.477. The average molecular weight is 558 g/mol. The van der Waals surface area contributed by atoms with Crippen LogP contribution in [0.5, 0.6) is 0 Å². The Balaban J connectivity index is 1.35. The van der Waals surface area contributed by atoms with Gasteiger partial charge < -0.3 is 0 Å². The summed E-state index contributed by atoms with van der Waals surface area (Å²) >= 11 is 0. The van der Waals surface area contributed by atoms with Crippen molar-refractivity contribution in [3.05, 3.63) is 151 Å². The van der Waals surface area contributed by atoms with Gasteiger partial charge in [-0.3, -0.25) is 0 Å². The van der Waals surface area contributed by atoms with Crippen molar-refractivity contribution in [2.24, 2.45) is 5.92 Å². The number of hydrogen-bond donors (Lipinski definition) is 0. The molecule has 40 heavy (non-hydrogen) atoms. The molecule has 202 valence electrons. The average Bonchev–Trinajstić information content (AvgIpc) is 3.70. The molecular weight excluding hydrogens is 518 g/mol. The van der Waals surface area contributed by atoms with Gasteiger partial charge >= 0.3 is 0 Å². The monoisotopic (exact) mass is 557 g/mol. The highest BCUT2D eigenvalue weighted by Crippen LogP contribution is 2.56. The first-order valence-electron chi connectivity index (χ1n) is 14.8. The lowest BCUT2D eigenvalue weighted by atomic mass is 9.86. The summed E-state index contributed by atoms with van der Waals surface area (Å²) in [5, 5.41) is 5.96. The molecule has 0 saturated heterocycles. The van der Waals surface area contributed by atoms with Gasteiger partial charge in [-0.2, -0.15) is 17.2 Å². The van der Waals surface area contributed by atoms with Crippen LogP contribution in [-0.4, -0.2) is 5.66 Å². The van der Waals surface area contributed by atoms with Crippen LogP contribution in [0.15, 0.2) is 140 Å². The molecule has 0 heterocycles. The highest BCUT2D eigenvalue weighted by Gasteiger charge is 2.36. The van der Waals surface area contributed by atoms with E-state index in [0.717, 1.165) is 0 Å². The normalized spacial score (nSPS) is 18.7. The molecule has 0 aromatic heterocycles. The molecule has 2 unspecified atom stereocenters. The third-order valence-electron chi connectivity index (χ3n) is 8.86. The molecular formula is C38H39P2-. The highest BCUT2D eigenvalue weighted by atomic mass is 31.1. The standard InChI is InChI=1S/C38H39P2/c1-29(39(31-17-7-3-8-18-31)32-19-9-4-10-20-32)35-25-15-27-37(35)38-28-16-26-36(38)30(2)40(33-21-11-5-12-22-33)34-23-13-6-14-24-34/h3-15,17-25,27,29-30,36,38H,16,26,28H2,1-2H3/q-1/t29-,30-,36?,38?/m0/s1. The van der Waals surface area contributed by atoms with E-state index in [-0.39, 0.29) is 0 Å². The Hall–Kier alpha value is -2.91. The van der Waals surface area contributed by atoms with Crippen LogP contribution in [-0.2, 0) is 0 Å². The van der Waals surface area contributed by atoms with Gasteiger partial charge in [-0.05, 0) is 54.3 Å². The Morgan fingerprint density at radius 3 is 1.48 bits per heavy atom. The van der Waals surface area contributed by atoms with Gasteiger partial charge in [0.15, 0.2) is 0 Å². The smallest absolute Gasteiger partial charge is 0.0133 e. The van der Waals surface area contributed by atoms with E-state index in [0.29, 0.717) is 23.2 Å². The van der Waals surface area contributed by atoms with E-state index in [4.69, 9.17) is 0 Å². The second-order valence-corrected chi connectivity index (χ2v) is 16.3. The quantitative estimate of drug-likeness (QED) is 0.125. The first-order valence-corrected chi connectivity index (χ1v) is 17.6. The Labute approximate surface area is 243 Å². The molecule has 1 saturated carbocycles. The lowest BCUT2D eigenvalue weighted by Gasteiger charge is -2.37. The van der Waals surface area contributed by atoms with Gasteiger partial charge in [0.2, 0.25) is 0 Å². The van der Waals surface area contributed by atoms with Crippen molar-refractivity contribution >= 4 is 37.1 Å². The first-order chi connectivity index (χ1) is 19.7. The Kier molecular flexibility index (Phi) is 8.68. The Morgan fingerprint density at radius 1 is 0.550 bits per heavy atom. The maximum absolute atomic E-state index is 2.56. The van der Waals surface area contributed by atoms with E-state index in [1.165, 1.54) is 40.5 Å². The van der Waals surface area contributed by atoms with Crippen molar-refractivity contribution in [3.8, 4) is 0 Å². The van der Waals surface area contributed by atoms with Crippen LogP contribution in [0.3, 0.4) is 0 Å². The molecule has 1 aliphatic carbocycles. The topological polar surface area (TPSA) is 0 Å². The molecule has 1 aliphatic rings. The molecule has 6 rings (SSSR count). The summed E-state index contributed by atoms with van der Waals surface area (Å²) in [4.78, 5) is 0. The van der Waals surface area contributed by atoms with E-state index in [2.05, 4.69) is 153 Å². The highest BCUT2D eigenvalue weighted by molar-refractivity contribution is 7.73.